The van der Waals surface area contributed by atoms with E-state index in [1.54, 1.807) is 24.3 Å². The molecule has 0 atom stereocenters. The lowest BCUT2D eigenvalue weighted by Crippen LogP contribution is -1.99. The molecule has 8 heteroatoms. The maximum absolute atomic E-state index is 11.4. The Morgan fingerprint density at radius 2 is 1.72 bits per heavy atom. The monoisotopic (exact) mass is 380 g/mol. The van der Waals surface area contributed by atoms with Gasteiger partial charge in [0.15, 0.2) is 9.84 Å². The van der Waals surface area contributed by atoms with Crippen LogP contribution in [0.3, 0.4) is 0 Å². The molecule has 1 heterocycles. The van der Waals surface area contributed by atoms with Crippen LogP contribution >= 0.6 is 12.4 Å². The molecular formula is C17H17ClN2O4S. The summed E-state index contributed by atoms with van der Waals surface area (Å²) in [7, 11) is -3.18. The fourth-order valence-electron chi connectivity index (χ4n) is 2.17. The minimum absolute atomic E-state index is 0. The third-order valence-corrected chi connectivity index (χ3v) is 4.61. The third kappa shape index (κ3) is 4.52. The van der Waals surface area contributed by atoms with Crippen LogP contribution in [0.1, 0.15) is 5.56 Å². The highest BCUT2D eigenvalue weighted by molar-refractivity contribution is 7.90. The lowest BCUT2D eigenvalue weighted by molar-refractivity contribution is 0.306. The molecule has 0 amide bonds. The summed E-state index contributed by atoms with van der Waals surface area (Å²) in [5.74, 6) is 0.688. The Hall–Kier alpha value is -2.51. The molecule has 0 radical (unpaired) electrons. The van der Waals surface area contributed by atoms with E-state index in [0.29, 0.717) is 28.6 Å². The predicted octanol–water partition coefficient (Wildman–Crippen LogP) is 3.33. The van der Waals surface area contributed by atoms with Gasteiger partial charge < -0.3 is 15.0 Å². The predicted molar refractivity (Wildman–Crippen MR) is 97.5 cm³/mol. The minimum atomic E-state index is -3.18. The standard InChI is InChI=1S/C17H16N2O4S.ClH/c1-24(20,21)15-8-2-12(3-9-15)10-22-14-6-4-13(5-7-14)17-16(18)11-23-19-17;/h2-9,11H,10,18H2,1H3;1H. The number of sulfone groups is 1. The van der Waals surface area contributed by atoms with E-state index in [2.05, 4.69) is 5.16 Å². The fourth-order valence-corrected chi connectivity index (χ4v) is 2.80. The van der Waals surface area contributed by atoms with Gasteiger partial charge >= 0.3 is 0 Å². The molecule has 3 rings (SSSR count). The summed E-state index contributed by atoms with van der Waals surface area (Å²) in [6.45, 7) is 0.343. The van der Waals surface area contributed by atoms with Crippen molar-refractivity contribution in [2.24, 2.45) is 0 Å². The zero-order valence-electron chi connectivity index (χ0n) is 13.4. The number of nitrogen functional groups attached to an aromatic ring is 1. The third-order valence-electron chi connectivity index (χ3n) is 3.48. The summed E-state index contributed by atoms with van der Waals surface area (Å²) >= 11 is 0. The molecule has 0 spiro atoms. The second-order valence-corrected chi connectivity index (χ2v) is 7.36. The number of ether oxygens (including phenoxy) is 1. The second-order valence-electron chi connectivity index (χ2n) is 5.35. The van der Waals surface area contributed by atoms with Crippen molar-refractivity contribution in [3.8, 4) is 17.0 Å². The van der Waals surface area contributed by atoms with Crippen molar-refractivity contribution in [1.82, 2.24) is 5.16 Å². The van der Waals surface area contributed by atoms with Gasteiger partial charge in [-0.15, -0.1) is 12.4 Å². The summed E-state index contributed by atoms with van der Waals surface area (Å²) in [5.41, 5.74) is 8.55. The molecule has 3 aromatic rings. The Bertz CT molecular complexity index is 936. The number of hydrogen-bond donors (Lipinski definition) is 1. The van der Waals surface area contributed by atoms with Gasteiger partial charge in [-0.3, -0.25) is 0 Å². The molecule has 2 N–H and O–H groups in total. The van der Waals surface area contributed by atoms with Crippen molar-refractivity contribution >= 4 is 27.9 Å². The first kappa shape index (κ1) is 18.8. The molecule has 0 fully saturated rings. The van der Waals surface area contributed by atoms with Crippen molar-refractivity contribution < 1.29 is 17.7 Å². The van der Waals surface area contributed by atoms with Crippen LogP contribution in [0, 0.1) is 0 Å². The normalized spacial score (nSPS) is 10.9. The number of nitrogens with two attached hydrogens (primary N) is 1. The average molecular weight is 381 g/mol. The van der Waals surface area contributed by atoms with Crippen LogP contribution < -0.4 is 10.5 Å². The maximum atomic E-state index is 11.4. The van der Waals surface area contributed by atoms with Crippen LogP contribution in [-0.4, -0.2) is 19.8 Å². The van der Waals surface area contributed by atoms with E-state index in [1.807, 2.05) is 24.3 Å². The molecule has 1 aromatic heterocycles. The summed E-state index contributed by atoms with van der Waals surface area (Å²) in [6.07, 6.45) is 2.57. The summed E-state index contributed by atoms with van der Waals surface area (Å²) in [4.78, 5) is 0.292. The number of hydrogen-bond acceptors (Lipinski definition) is 6. The van der Waals surface area contributed by atoms with Crippen molar-refractivity contribution in [1.29, 1.82) is 0 Å². The van der Waals surface area contributed by atoms with E-state index < -0.39 is 9.84 Å². The zero-order valence-corrected chi connectivity index (χ0v) is 15.0. The van der Waals surface area contributed by atoms with Gasteiger partial charge in [0.2, 0.25) is 0 Å². The van der Waals surface area contributed by atoms with Gasteiger partial charge in [-0.25, -0.2) is 8.42 Å². The van der Waals surface area contributed by atoms with E-state index in [1.165, 1.54) is 12.5 Å². The van der Waals surface area contributed by atoms with Crippen molar-refractivity contribution in [3.63, 3.8) is 0 Å². The highest BCUT2D eigenvalue weighted by Gasteiger charge is 2.08. The quantitative estimate of drug-likeness (QED) is 0.729. The highest BCUT2D eigenvalue weighted by atomic mass is 35.5. The molecule has 25 heavy (non-hydrogen) atoms. The molecule has 0 saturated heterocycles. The van der Waals surface area contributed by atoms with Crippen molar-refractivity contribution in [2.45, 2.75) is 11.5 Å². The first-order valence-corrected chi connectivity index (χ1v) is 9.05. The molecule has 0 saturated carbocycles. The van der Waals surface area contributed by atoms with Gasteiger partial charge in [0.1, 0.15) is 30.0 Å². The summed E-state index contributed by atoms with van der Waals surface area (Å²) < 4.78 is 33.4. The van der Waals surface area contributed by atoms with Gasteiger partial charge in [0, 0.05) is 11.8 Å². The second kappa shape index (κ2) is 7.58. The summed E-state index contributed by atoms with van der Waals surface area (Å²) in [6, 6.07) is 13.9. The molecule has 0 aliphatic rings. The number of benzene rings is 2. The van der Waals surface area contributed by atoms with E-state index in [9.17, 15) is 8.42 Å². The van der Waals surface area contributed by atoms with Gasteiger partial charge in [0.25, 0.3) is 0 Å². The van der Waals surface area contributed by atoms with Gasteiger partial charge in [0.05, 0.1) is 4.90 Å². The van der Waals surface area contributed by atoms with Crippen molar-refractivity contribution in [3.05, 3.63) is 60.4 Å². The Labute approximate surface area is 151 Å². The smallest absolute Gasteiger partial charge is 0.175 e. The van der Waals surface area contributed by atoms with Gasteiger partial charge in [-0.05, 0) is 42.0 Å². The largest absolute Gasteiger partial charge is 0.489 e. The van der Waals surface area contributed by atoms with E-state index in [0.717, 1.165) is 11.1 Å². The minimum Gasteiger partial charge on any atom is -0.489 e. The van der Waals surface area contributed by atoms with Crippen LogP contribution in [-0.2, 0) is 16.4 Å². The lowest BCUT2D eigenvalue weighted by Gasteiger charge is -2.07. The molecule has 6 nitrogen and oxygen atoms in total. The molecule has 0 bridgehead atoms. The fraction of sp³-hybridized carbons (Fsp3) is 0.118. The lowest BCUT2D eigenvalue weighted by atomic mass is 10.1. The van der Waals surface area contributed by atoms with Crippen LogP contribution in [0.2, 0.25) is 0 Å². The van der Waals surface area contributed by atoms with Crippen LogP contribution in [0.4, 0.5) is 5.69 Å². The molecule has 0 unspecified atom stereocenters. The van der Waals surface area contributed by atoms with E-state index >= 15 is 0 Å². The Morgan fingerprint density at radius 1 is 1.08 bits per heavy atom. The molecule has 132 valence electrons. The van der Waals surface area contributed by atoms with E-state index in [4.69, 9.17) is 15.0 Å². The molecule has 0 aliphatic heterocycles. The first-order chi connectivity index (χ1) is 11.4. The Kier molecular flexibility index (Phi) is 5.71. The molecule has 2 aromatic carbocycles. The SMILES string of the molecule is CS(=O)(=O)c1ccc(COc2ccc(-c3nocc3N)cc2)cc1.Cl. The number of aromatic nitrogens is 1. The van der Waals surface area contributed by atoms with Gasteiger partial charge in [-0.2, -0.15) is 0 Å². The first-order valence-electron chi connectivity index (χ1n) is 7.15. The summed E-state index contributed by atoms with van der Waals surface area (Å²) in [5, 5.41) is 3.85. The molecule has 0 aliphatic carbocycles. The van der Waals surface area contributed by atoms with Crippen LogP contribution in [0.25, 0.3) is 11.3 Å². The van der Waals surface area contributed by atoms with E-state index in [-0.39, 0.29) is 12.4 Å². The van der Waals surface area contributed by atoms with Crippen LogP contribution in [0.15, 0.2) is 64.2 Å². The van der Waals surface area contributed by atoms with Crippen molar-refractivity contribution in [2.75, 3.05) is 12.0 Å². The number of nitrogens with zero attached hydrogens (tertiary/aromatic N) is 1. The maximum Gasteiger partial charge on any atom is 0.175 e. The number of halogens is 1. The zero-order chi connectivity index (χ0) is 17.2. The number of rotatable bonds is 5. The highest BCUT2D eigenvalue weighted by Crippen LogP contribution is 2.26. The van der Waals surface area contributed by atoms with Crippen LogP contribution in [0.5, 0.6) is 5.75 Å². The topological polar surface area (TPSA) is 95.4 Å². The molecular weight excluding hydrogens is 364 g/mol. The Balaban J connectivity index is 0.00000225. The number of anilines is 1. The Morgan fingerprint density at radius 3 is 2.24 bits per heavy atom. The average Bonchev–Trinajstić information content (AvgIpc) is 2.99. The van der Waals surface area contributed by atoms with Gasteiger partial charge in [-0.1, -0.05) is 17.3 Å².